The van der Waals surface area contributed by atoms with E-state index in [2.05, 4.69) is 4.74 Å². The topological polar surface area (TPSA) is 50.1 Å². The second kappa shape index (κ2) is 4.87. The van der Waals surface area contributed by atoms with Crippen molar-refractivity contribution in [2.75, 3.05) is 7.11 Å². The average Bonchev–Trinajstić information content (AvgIpc) is 2.27. The van der Waals surface area contributed by atoms with Gasteiger partial charge in [-0.15, -0.1) is 0 Å². The first-order chi connectivity index (χ1) is 7.90. The predicted molar refractivity (Wildman–Crippen MR) is 51.9 cm³/mol. The summed E-state index contributed by atoms with van der Waals surface area (Å²) < 4.78 is 42.1. The van der Waals surface area contributed by atoms with Crippen LogP contribution in [-0.4, -0.2) is 13.1 Å². The fourth-order valence-corrected chi connectivity index (χ4v) is 1.34. The molecule has 3 nitrogen and oxygen atoms in total. The van der Waals surface area contributed by atoms with E-state index in [1.165, 1.54) is 12.1 Å². The molecule has 0 saturated heterocycles. The molecule has 0 aliphatic rings. The van der Waals surface area contributed by atoms with Crippen molar-refractivity contribution in [2.45, 2.75) is 12.6 Å². The summed E-state index contributed by atoms with van der Waals surface area (Å²) in [6.45, 7) is 0. The van der Waals surface area contributed by atoms with Gasteiger partial charge in [0.05, 0.1) is 24.7 Å². The molecule has 1 aromatic carbocycles. The number of carbonyl (C=O) groups excluding carboxylic acids is 1. The molecule has 0 heterocycles. The number of hydrogen-bond acceptors (Lipinski definition) is 3. The zero-order valence-corrected chi connectivity index (χ0v) is 8.84. The highest BCUT2D eigenvalue weighted by molar-refractivity contribution is 5.73. The van der Waals surface area contributed by atoms with Crippen LogP contribution in [0, 0.1) is 11.3 Å². The molecule has 0 amide bonds. The van der Waals surface area contributed by atoms with E-state index in [1.807, 2.05) is 0 Å². The first-order valence-electron chi connectivity index (χ1n) is 4.56. The van der Waals surface area contributed by atoms with E-state index in [9.17, 15) is 18.0 Å². The Bertz CT molecular complexity index is 475. The Hall–Kier alpha value is -2.03. The number of esters is 1. The lowest BCUT2D eigenvalue weighted by molar-refractivity contribution is -0.140. The maximum absolute atomic E-state index is 12.6. The summed E-state index contributed by atoms with van der Waals surface area (Å²) in [5.41, 5.74) is -1.57. The van der Waals surface area contributed by atoms with Crippen LogP contribution in [0.3, 0.4) is 0 Å². The maximum Gasteiger partial charge on any atom is 0.417 e. The number of methoxy groups -OCH3 is 1. The van der Waals surface area contributed by atoms with E-state index >= 15 is 0 Å². The molecule has 0 aromatic heterocycles. The van der Waals surface area contributed by atoms with Gasteiger partial charge in [-0.05, 0) is 11.6 Å². The molecule has 0 fully saturated rings. The molecular weight excluding hydrogens is 235 g/mol. The van der Waals surface area contributed by atoms with Crippen LogP contribution in [0.5, 0.6) is 0 Å². The minimum Gasteiger partial charge on any atom is -0.469 e. The summed E-state index contributed by atoms with van der Waals surface area (Å²) in [7, 11) is 1.13. The van der Waals surface area contributed by atoms with Gasteiger partial charge < -0.3 is 4.74 Å². The minimum absolute atomic E-state index is 0.00850. The molecular formula is C11H8F3NO2. The van der Waals surface area contributed by atoms with Crippen LogP contribution >= 0.6 is 0 Å². The van der Waals surface area contributed by atoms with E-state index in [-0.39, 0.29) is 12.0 Å². The first-order valence-corrected chi connectivity index (χ1v) is 4.56. The van der Waals surface area contributed by atoms with Gasteiger partial charge in [0, 0.05) is 0 Å². The number of nitriles is 1. The molecule has 0 spiro atoms. The van der Waals surface area contributed by atoms with Crippen molar-refractivity contribution >= 4 is 5.97 Å². The highest BCUT2D eigenvalue weighted by Crippen LogP contribution is 2.33. The van der Waals surface area contributed by atoms with Gasteiger partial charge in [-0.1, -0.05) is 12.1 Å². The van der Waals surface area contributed by atoms with E-state index in [0.717, 1.165) is 19.2 Å². The van der Waals surface area contributed by atoms with Gasteiger partial charge >= 0.3 is 12.1 Å². The van der Waals surface area contributed by atoms with Crippen LogP contribution in [0.15, 0.2) is 18.2 Å². The molecule has 90 valence electrons. The van der Waals surface area contributed by atoms with Gasteiger partial charge in [0.1, 0.15) is 6.07 Å². The normalized spacial score (nSPS) is 10.8. The second-order valence-electron chi connectivity index (χ2n) is 3.20. The molecule has 1 rings (SSSR count). The summed E-state index contributed by atoms with van der Waals surface area (Å²) in [4.78, 5) is 11.0. The van der Waals surface area contributed by atoms with Gasteiger partial charge in [0.2, 0.25) is 0 Å². The van der Waals surface area contributed by atoms with E-state index in [0.29, 0.717) is 0 Å². The maximum atomic E-state index is 12.6. The second-order valence-corrected chi connectivity index (χ2v) is 3.20. The summed E-state index contributed by atoms with van der Waals surface area (Å²) in [5.74, 6) is -0.694. The highest BCUT2D eigenvalue weighted by atomic mass is 19.4. The lowest BCUT2D eigenvalue weighted by Crippen LogP contribution is -2.12. The van der Waals surface area contributed by atoms with Crippen molar-refractivity contribution in [1.29, 1.82) is 5.26 Å². The molecule has 0 N–H and O–H groups in total. The van der Waals surface area contributed by atoms with E-state index in [4.69, 9.17) is 5.26 Å². The van der Waals surface area contributed by atoms with Crippen LogP contribution < -0.4 is 0 Å². The molecule has 6 heteroatoms. The molecule has 0 atom stereocenters. The molecule has 0 aliphatic heterocycles. The lowest BCUT2D eigenvalue weighted by atomic mass is 9.99. The summed E-state index contributed by atoms with van der Waals surface area (Å²) in [5, 5.41) is 8.75. The first kappa shape index (κ1) is 13.0. The monoisotopic (exact) mass is 243 g/mol. The molecule has 0 radical (unpaired) electrons. The summed E-state index contributed by atoms with van der Waals surface area (Å²) in [6, 6.07) is 4.73. The number of carbonyl (C=O) groups is 1. The third-order valence-corrected chi connectivity index (χ3v) is 2.13. The van der Waals surface area contributed by atoms with Gasteiger partial charge in [-0.25, -0.2) is 0 Å². The SMILES string of the molecule is COC(=O)Cc1cccc(C(F)(F)F)c1C#N. The third-order valence-electron chi connectivity index (χ3n) is 2.13. The number of halogens is 3. The van der Waals surface area contributed by atoms with Crippen LogP contribution in [-0.2, 0) is 22.1 Å². The fraction of sp³-hybridized carbons (Fsp3) is 0.273. The Labute approximate surface area is 95.4 Å². The standard InChI is InChI=1S/C11H8F3NO2/c1-17-10(16)5-7-3-2-4-9(8(7)6-15)11(12,13)14/h2-4H,5H2,1H3. The Morgan fingerprint density at radius 3 is 2.59 bits per heavy atom. The highest BCUT2D eigenvalue weighted by Gasteiger charge is 2.34. The summed E-state index contributed by atoms with van der Waals surface area (Å²) >= 11 is 0. The third kappa shape index (κ3) is 2.97. The Morgan fingerprint density at radius 2 is 2.12 bits per heavy atom. The van der Waals surface area contributed by atoms with Gasteiger partial charge in [0.15, 0.2) is 0 Å². The fourth-order valence-electron chi connectivity index (χ4n) is 1.34. The van der Waals surface area contributed by atoms with Crippen molar-refractivity contribution in [3.8, 4) is 6.07 Å². The number of rotatable bonds is 2. The molecule has 0 unspecified atom stereocenters. The van der Waals surface area contributed by atoms with Crippen molar-refractivity contribution in [3.05, 3.63) is 34.9 Å². The smallest absolute Gasteiger partial charge is 0.417 e. The Kier molecular flexibility index (Phi) is 3.73. The van der Waals surface area contributed by atoms with Crippen molar-refractivity contribution in [1.82, 2.24) is 0 Å². The molecule has 17 heavy (non-hydrogen) atoms. The molecule has 0 aliphatic carbocycles. The summed E-state index contributed by atoms with van der Waals surface area (Å²) in [6.07, 6.45) is -4.97. The van der Waals surface area contributed by atoms with Crippen LogP contribution in [0.4, 0.5) is 13.2 Å². The van der Waals surface area contributed by atoms with Crippen LogP contribution in [0.2, 0.25) is 0 Å². The van der Waals surface area contributed by atoms with Crippen LogP contribution in [0.1, 0.15) is 16.7 Å². The van der Waals surface area contributed by atoms with E-state index < -0.39 is 23.3 Å². The van der Waals surface area contributed by atoms with Crippen molar-refractivity contribution in [2.24, 2.45) is 0 Å². The van der Waals surface area contributed by atoms with Gasteiger partial charge in [-0.2, -0.15) is 18.4 Å². The number of benzene rings is 1. The zero-order valence-electron chi connectivity index (χ0n) is 8.84. The number of hydrogen-bond donors (Lipinski definition) is 0. The minimum atomic E-state index is -4.61. The average molecular weight is 243 g/mol. The largest absolute Gasteiger partial charge is 0.469 e. The quantitative estimate of drug-likeness (QED) is 0.749. The molecule has 0 saturated carbocycles. The van der Waals surface area contributed by atoms with Gasteiger partial charge in [-0.3, -0.25) is 4.79 Å². The van der Waals surface area contributed by atoms with Crippen LogP contribution in [0.25, 0.3) is 0 Å². The van der Waals surface area contributed by atoms with Crippen molar-refractivity contribution in [3.63, 3.8) is 0 Å². The lowest BCUT2D eigenvalue weighted by Gasteiger charge is -2.11. The van der Waals surface area contributed by atoms with Crippen molar-refractivity contribution < 1.29 is 22.7 Å². The zero-order chi connectivity index (χ0) is 13.1. The molecule has 0 bridgehead atoms. The Balaban J connectivity index is 3.26. The number of alkyl halides is 3. The number of ether oxygens (including phenoxy) is 1. The Morgan fingerprint density at radius 1 is 1.47 bits per heavy atom. The van der Waals surface area contributed by atoms with Gasteiger partial charge in [0.25, 0.3) is 0 Å². The van der Waals surface area contributed by atoms with E-state index in [1.54, 1.807) is 0 Å². The molecule has 1 aromatic rings. The number of nitrogens with zero attached hydrogens (tertiary/aromatic N) is 1. The predicted octanol–water partition coefficient (Wildman–Crippen LogP) is 2.29.